The Hall–Kier alpha value is -2.60. The largest absolute Gasteiger partial charge is 0.489 e. The van der Waals surface area contributed by atoms with Crippen LogP contribution in [0.3, 0.4) is 0 Å². The van der Waals surface area contributed by atoms with E-state index in [1.807, 2.05) is 12.1 Å². The van der Waals surface area contributed by atoms with Crippen molar-refractivity contribution >= 4 is 61.1 Å². The molecule has 5 aromatic rings. The molecule has 0 saturated carbocycles. The summed E-state index contributed by atoms with van der Waals surface area (Å²) in [5.74, 6) is 0. The zero-order valence-corrected chi connectivity index (χ0v) is 15.9. The molecular weight excluding hydrogens is 401 g/mol. The third kappa shape index (κ3) is 2.59. The van der Waals surface area contributed by atoms with Gasteiger partial charge < -0.3 is 14.6 Å². The van der Waals surface area contributed by atoms with E-state index in [2.05, 4.69) is 81.2 Å². The minimum absolute atomic E-state index is 0.465. The first-order valence-electron chi connectivity index (χ1n) is 8.71. The number of hydrogen-bond acceptors (Lipinski definition) is 2. The first-order chi connectivity index (χ1) is 13.1. The highest BCUT2D eigenvalue weighted by Crippen LogP contribution is 2.32. The van der Waals surface area contributed by atoms with Crippen LogP contribution in [0.1, 0.15) is 0 Å². The van der Waals surface area contributed by atoms with E-state index in [9.17, 15) is 10.0 Å². The number of halogens is 1. The van der Waals surface area contributed by atoms with Crippen molar-refractivity contribution in [2.75, 3.05) is 0 Å². The van der Waals surface area contributed by atoms with Gasteiger partial charge in [0, 0.05) is 20.9 Å². The van der Waals surface area contributed by atoms with Gasteiger partial charge in [0.05, 0.1) is 11.0 Å². The number of rotatable bonds is 2. The van der Waals surface area contributed by atoms with Gasteiger partial charge >= 0.3 is 7.12 Å². The highest BCUT2D eigenvalue weighted by Gasteiger charge is 2.16. The van der Waals surface area contributed by atoms with E-state index in [1.54, 1.807) is 6.07 Å². The summed E-state index contributed by atoms with van der Waals surface area (Å²) in [5.41, 5.74) is 3.87. The number of hydrogen-bond donors (Lipinski definition) is 2. The molecule has 0 radical (unpaired) electrons. The third-order valence-electron chi connectivity index (χ3n) is 5.06. The zero-order valence-electron chi connectivity index (χ0n) is 14.3. The molecule has 27 heavy (non-hydrogen) atoms. The summed E-state index contributed by atoms with van der Waals surface area (Å²) < 4.78 is 2.96. The molecule has 1 heterocycles. The molecule has 5 rings (SSSR count). The van der Waals surface area contributed by atoms with Crippen molar-refractivity contribution in [2.45, 2.75) is 0 Å². The minimum atomic E-state index is -1.50. The van der Waals surface area contributed by atoms with Gasteiger partial charge in [-0.2, -0.15) is 0 Å². The van der Waals surface area contributed by atoms with Gasteiger partial charge in [-0.25, -0.2) is 0 Å². The number of fused-ring (bicyclic) bond motifs is 4. The van der Waals surface area contributed by atoms with Crippen molar-refractivity contribution in [1.82, 2.24) is 4.57 Å². The Morgan fingerprint density at radius 2 is 1.33 bits per heavy atom. The lowest BCUT2D eigenvalue weighted by atomic mass is 9.79. The fourth-order valence-electron chi connectivity index (χ4n) is 3.81. The van der Waals surface area contributed by atoms with Gasteiger partial charge in [0.25, 0.3) is 0 Å². The highest BCUT2D eigenvalue weighted by molar-refractivity contribution is 9.10. The topological polar surface area (TPSA) is 45.4 Å². The Kier molecular flexibility index (Phi) is 3.83. The molecule has 3 nitrogen and oxygen atoms in total. The van der Waals surface area contributed by atoms with Crippen LogP contribution in [0, 0.1) is 0 Å². The van der Waals surface area contributed by atoms with E-state index in [1.165, 1.54) is 21.8 Å². The Morgan fingerprint density at radius 3 is 1.96 bits per heavy atom. The van der Waals surface area contributed by atoms with E-state index in [4.69, 9.17) is 0 Å². The molecule has 1 aromatic heterocycles. The van der Waals surface area contributed by atoms with Crippen molar-refractivity contribution in [1.29, 1.82) is 0 Å². The van der Waals surface area contributed by atoms with Crippen LogP contribution < -0.4 is 5.46 Å². The van der Waals surface area contributed by atoms with Crippen molar-refractivity contribution in [3.8, 4) is 5.69 Å². The smallest absolute Gasteiger partial charge is 0.423 e. The maximum atomic E-state index is 9.53. The molecule has 0 fully saturated rings. The second-order valence-corrected chi connectivity index (χ2v) is 7.50. The molecule has 0 unspecified atom stereocenters. The predicted molar refractivity (Wildman–Crippen MR) is 116 cm³/mol. The molecule has 2 N–H and O–H groups in total. The van der Waals surface area contributed by atoms with Crippen LogP contribution in [-0.2, 0) is 0 Å². The molecule has 4 aromatic carbocycles. The third-order valence-corrected chi connectivity index (χ3v) is 5.74. The molecule has 130 valence electrons. The number of para-hydroxylation sites is 2. The van der Waals surface area contributed by atoms with E-state index in [0.29, 0.717) is 9.94 Å². The van der Waals surface area contributed by atoms with Crippen LogP contribution >= 0.6 is 15.9 Å². The Labute approximate surface area is 164 Å². The van der Waals surface area contributed by atoms with Crippen molar-refractivity contribution in [3.05, 3.63) is 83.3 Å². The molecule has 0 amide bonds. The summed E-state index contributed by atoms with van der Waals surface area (Å²) >= 11 is 3.44. The van der Waals surface area contributed by atoms with Crippen LogP contribution in [0.25, 0.3) is 38.3 Å². The number of aromatic nitrogens is 1. The summed E-state index contributed by atoms with van der Waals surface area (Å²) in [6, 6.07) is 26.8. The van der Waals surface area contributed by atoms with Crippen molar-refractivity contribution in [2.24, 2.45) is 0 Å². The lowest BCUT2D eigenvalue weighted by molar-refractivity contribution is 0.425. The van der Waals surface area contributed by atoms with Gasteiger partial charge in [0.15, 0.2) is 0 Å². The van der Waals surface area contributed by atoms with Gasteiger partial charge in [0.1, 0.15) is 0 Å². The van der Waals surface area contributed by atoms with Gasteiger partial charge in [-0.1, -0.05) is 64.5 Å². The van der Waals surface area contributed by atoms with Gasteiger partial charge in [0.2, 0.25) is 0 Å². The molecular formula is C22H15BBrNO2. The Balaban J connectivity index is 1.82. The highest BCUT2D eigenvalue weighted by atomic mass is 79.9. The molecule has 0 saturated heterocycles. The molecule has 0 atom stereocenters. The molecule has 0 spiro atoms. The average molecular weight is 416 g/mol. The van der Waals surface area contributed by atoms with Crippen LogP contribution in [0.15, 0.2) is 83.3 Å². The Morgan fingerprint density at radius 1 is 0.704 bits per heavy atom. The van der Waals surface area contributed by atoms with Crippen LogP contribution in [-0.4, -0.2) is 21.7 Å². The zero-order chi connectivity index (χ0) is 18.5. The lowest BCUT2D eigenvalue weighted by Gasteiger charge is -2.11. The maximum absolute atomic E-state index is 9.53. The van der Waals surface area contributed by atoms with E-state index < -0.39 is 7.12 Å². The standard InChI is InChI=1S/C22H15BBrNO2/c24-20-13-15-11-16(10-9-14(15)12-19(20)23(26)27)25-21-7-3-1-5-17(21)18-6-2-4-8-22(18)25/h1-13,26-27H. The molecule has 0 aliphatic heterocycles. The van der Waals surface area contributed by atoms with Crippen molar-refractivity contribution in [3.63, 3.8) is 0 Å². The van der Waals surface area contributed by atoms with Gasteiger partial charge in [-0.15, -0.1) is 0 Å². The minimum Gasteiger partial charge on any atom is -0.423 e. The number of benzene rings is 4. The first kappa shape index (κ1) is 16.6. The predicted octanol–water partition coefficient (Wildman–Crippen LogP) is 4.38. The summed E-state index contributed by atoms with van der Waals surface area (Å²) in [5, 5.41) is 23.5. The monoisotopic (exact) mass is 415 g/mol. The van der Waals surface area contributed by atoms with E-state index in [0.717, 1.165) is 16.5 Å². The fraction of sp³-hybridized carbons (Fsp3) is 0. The molecule has 0 bridgehead atoms. The van der Waals surface area contributed by atoms with Gasteiger partial charge in [-0.05, 0) is 46.6 Å². The maximum Gasteiger partial charge on any atom is 0.489 e. The Bertz CT molecular complexity index is 1270. The molecule has 0 aliphatic rings. The summed E-state index contributed by atoms with van der Waals surface area (Å²) in [7, 11) is -1.50. The summed E-state index contributed by atoms with van der Waals surface area (Å²) in [4.78, 5) is 0. The average Bonchev–Trinajstić information content (AvgIpc) is 3.01. The van der Waals surface area contributed by atoms with E-state index >= 15 is 0 Å². The molecule has 5 heteroatoms. The van der Waals surface area contributed by atoms with Gasteiger partial charge in [-0.3, -0.25) is 0 Å². The second kappa shape index (κ2) is 6.24. The van der Waals surface area contributed by atoms with Crippen LogP contribution in [0.4, 0.5) is 0 Å². The second-order valence-electron chi connectivity index (χ2n) is 6.65. The van der Waals surface area contributed by atoms with Crippen LogP contribution in [0.2, 0.25) is 0 Å². The number of nitrogens with zero attached hydrogens (tertiary/aromatic N) is 1. The molecule has 0 aliphatic carbocycles. The SMILES string of the molecule is OB(O)c1cc2ccc(-n3c4ccccc4c4ccccc43)cc2cc1Br. The summed E-state index contributed by atoms with van der Waals surface area (Å²) in [6.07, 6.45) is 0. The lowest BCUT2D eigenvalue weighted by Crippen LogP contribution is -2.30. The fourth-order valence-corrected chi connectivity index (χ4v) is 4.38. The van der Waals surface area contributed by atoms with Crippen LogP contribution in [0.5, 0.6) is 0 Å². The van der Waals surface area contributed by atoms with E-state index in [-0.39, 0.29) is 0 Å². The first-order valence-corrected chi connectivity index (χ1v) is 9.51. The summed E-state index contributed by atoms with van der Waals surface area (Å²) in [6.45, 7) is 0. The quantitative estimate of drug-likeness (QED) is 0.420. The van der Waals surface area contributed by atoms with Crippen molar-refractivity contribution < 1.29 is 10.0 Å². The normalized spacial score (nSPS) is 11.5.